The number of carboxylic acids is 1. The van der Waals surface area contributed by atoms with Gasteiger partial charge in [0.05, 0.1) is 12.7 Å². The van der Waals surface area contributed by atoms with Crippen LogP contribution < -0.4 is 4.72 Å². The van der Waals surface area contributed by atoms with E-state index in [2.05, 4.69) is 4.72 Å². The first kappa shape index (κ1) is 28.6. The van der Waals surface area contributed by atoms with Gasteiger partial charge in [-0.1, -0.05) is 66.7 Å². The summed E-state index contributed by atoms with van der Waals surface area (Å²) < 4.78 is 62.3. The van der Waals surface area contributed by atoms with E-state index in [1.807, 2.05) is 60.7 Å². The van der Waals surface area contributed by atoms with Crippen LogP contribution in [0.15, 0.2) is 89.8 Å². The van der Waals surface area contributed by atoms with Crippen molar-refractivity contribution >= 4 is 16.0 Å². The summed E-state index contributed by atoms with van der Waals surface area (Å²) >= 11 is 0. The first-order valence-electron chi connectivity index (χ1n) is 12.8. The van der Waals surface area contributed by atoms with E-state index in [9.17, 15) is 22.0 Å². The van der Waals surface area contributed by atoms with Gasteiger partial charge in [-0.05, 0) is 54.5 Å². The van der Waals surface area contributed by atoms with Crippen molar-refractivity contribution in [1.29, 1.82) is 0 Å². The van der Waals surface area contributed by atoms with Gasteiger partial charge in [-0.3, -0.25) is 4.79 Å². The van der Waals surface area contributed by atoms with E-state index < -0.39 is 38.6 Å². The molecule has 39 heavy (non-hydrogen) atoms. The number of ether oxygens (including phenoxy) is 1. The van der Waals surface area contributed by atoms with Crippen LogP contribution in [0.4, 0.5) is 8.78 Å². The van der Waals surface area contributed by atoms with Crippen molar-refractivity contribution in [1.82, 2.24) is 4.72 Å². The van der Waals surface area contributed by atoms with E-state index >= 15 is 0 Å². The van der Waals surface area contributed by atoms with Crippen LogP contribution in [0.5, 0.6) is 0 Å². The molecule has 0 aromatic heterocycles. The monoisotopic (exact) mass is 555 g/mol. The molecule has 4 rings (SSSR count). The zero-order valence-corrected chi connectivity index (χ0v) is 22.1. The highest BCUT2D eigenvalue weighted by Gasteiger charge is 2.39. The minimum atomic E-state index is -4.24. The molecule has 0 saturated heterocycles. The third-order valence-corrected chi connectivity index (χ3v) is 8.39. The van der Waals surface area contributed by atoms with Crippen LogP contribution in [0.2, 0.25) is 0 Å². The average molecular weight is 556 g/mol. The lowest BCUT2D eigenvalue weighted by molar-refractivity contribution is -0.136. The average Bonchev–Trinajstić information content (AvgIpc) is 3.28. The van der Waals surface area contributed by atoms with Crippen molar-refractivity contribution in [2.75, 3.05) is 0 Å². The van der Waals surface area contributed by atoms with E-state index in [1.54, 1.807) is 6.08 Å². The van der Waals surface area contributed by atoms with Crippen molar-refractivity contribution in [2.24, 2.45) is 5.92 Å². The Morgan fingerprint density at radius 2 is 1.69 bits per heavy atom. The summed E-state index contributed by atoms with van der Waals surface area (Å²) in [6.07, 6.45) is 5.21. The third-order valence-electron chi connectivity index (χ3n) is 6.87. The lowest BCUT2D eigenvalue weighted by atomic mass is 9.97. The predicted molar refractivity (Wildman–Crippen MR) is 144 cm³/mol. The maximum Gasteiger partial charge on any atom is 0.303 e. The maximum atomic E-state index is 14.2. The Kier molecular flexibility index (Phi) is 9.61. The second-order valence-corrected chi connectivity index (χ2v) is 11.3. The highest BCUT2D eigenvalue weighted by atomic mass is 32.2. The van der Waals surface area contributed by atoms with Crippen LogP contribution in [0.3, 0.4) is 0 Å². The summed E-state index contributed by atoms with van der Waals surface area (Å²) in [6, 6.07) is 19.9. The number of carbonyl (C=O) groups is 1. The van der Waals surface area contributed by atoms with E-state index in [1.165, 1.54) is 0 Å². The molecule has 206 valence electrons. The molecule has 3 aromatic rings. The summed E-state index contributed by atoms with van der Waals surface area (Å²) in [5.41, 5.74) is 3.18. The SMILES string of the molecule is O=C(O)CC/C=C\C[C@@H]1[C@@H](NS(=O)(=O)c2ccc(F)cc2F)CC[C@@H]1OCc1ccc(-c2ccccc2)cc1. The van der Waals surface area contributed by atoms with Gasteiger partial charge in [0.15, 0.2) is 0 Å². The number of hydrogen-bond acceptors (Lipinski definition) is 4. The molecule has 0 bridgehead atoms. The molecule has 9 heteroatoms. The summed E-state index contributed by atoms with van der Waals surface area (Å²) in [5.74, 6) is -3.17. The highest BCUT2D eigenvalue weighted by Crippen LogP contribution is 2.34. The summed E-state index contributed by atoms with van der Waals surface area (Å²) in [5, 5.41) is 8.86. The van der Waals surface area contributed by atoms with Gasteiger partial charge in [0, 0.05) is 24.4 Å². The fourth-order valence-corrected chi connectivity index (χ4v) is 6.24. The Labute approximate surface area is 227 Å². The Morgan fingerprint density at radius 1 is 0.974 bits per heavy atom. The van der Waals surface area contributed by atoms with Crippen molar-refractivity contribution in [3.05, 3.63) is 102 Å². The molecule has 1 fully saturated rings. The van der Waals surface area contributed by atoms with Crippen LogP contribution in [0, 0.1) is 17.6 Å². The van der Waals surface area contributed by atoms with Gasteiger partial charge >= 0.3 is 5.97 Å². The standard InChI is InChI=1S/C30H31F2NO5S/c31-24-15-18-29(26(32)19-24)39(36,37)33-27-16-17-28(25(27)9-5-2-6-10-30(34)35)38-20-21-11-13-23(14-12-21)22-7-3-1-4-8-22/h1-5,7-8,11-15,18-19,25,27-28,33H,6,9-10,16-17,20H2,(H,34,35)/b5-2-/t25-,27+,28+/m1/s1. The van der Waals surface area contributed by atoms with Crippen molar-refractivity contribution in [3.8, 4) is 11.1 Å². The molecule has 0 amide bonds. The number of hydrogen-bond donors (Lipinski definition) is 2. The molecule has 1 saturated carbocycles. The molecule has 0 unspecified atom stereocenters. The van der Waals surface area contributed by atoms with Gasteiger partial charge in [0.1, 0.15) is 16.5 Å². The molecule has 1 aliphatic rings. The minimum Gasteiger partial charge on any atom is -0.481 e. The number of nitrogens with one attached hydrogen (secondary N) is 1. The van der Waals surface area contributed by atoms with E-state index in [-0.39, 0.29) is 18.4 Å². The van der Waals surface area contributed by atoms with E-state index in [4.69, 9.17) is 9.84 Å². The zero-order chi connectivity index (χ0) is 27.8. The lowest BCUT2D eigenvalue weighted by Gasteiger charge is -2.25. The van der Waals surface area contributed by atoms with Crippen LogP contribution in [-0.4, -0.2) is 31.6 Å². The number of rotatable bonds is 12. The van der Waals surface area contributed by atoms with Crippen LogP contribution >= 0.6 is 0 Å². The number of halogens is 2. The van der Waals surface area contributed by atoms with Gasteiger partial charge in [-0.15, -0.1) is 0 Å². The molecule has 1 aliphatic carbocycles. The van der Waals surface area contributed by atoms with E-state index in [0.717, 1.165) is 28.8 Å². The first-order valence-corrected chi connectivity index (χ1v) is 14.3. The second-order valence-electron chi connectivity index (χ2n) is 9.60. The number of allylic oxidation sites excluding steroid dienone is 2. The van der Waals surface area contributed by atoms with Gasteiger partial charge in [-0.25, -0.2) is 21.9 Å². The third kappa shape index (κ3) is 7.81. The quantitative estimate of drug-likeness (QED) is 0.264. The van der Waals surface area contributed by atoms with Gasteiger partial charge < -0.3 is 9.84 Å². The Balaban J connectivity index is 1.45. The number of sulfonamides is 1. The van der Waals surface area contributed by atoms with Crippen LogP contribution in [0.1, 0.15) is 37.7 Å². The van der Waals surface area contributed by atoms with E-state index in [0.29, 0.717) is 38.4 Å². The molecule has 0 heterocycles. The highest BCUT2D eigenvalue weighted by molar-refractivity contribution is 7.89. The summed E-state index contributed by atoms with van der Waals surface area (Å²) in [7, 11) is -4.24. The summed E-state index contributed by atoms with van der Waals surface area (Å²) in [6.45, 7) is 0.338. The molecule has 6 nitrogen and oxygen atoms in total. The molecule has 0 spiro atoms. The maximum absolute atomic E-state index is 14.2. The molecular weight excluding hydrogens is 524 g/mol. The normalized spacial score (nSPS) is 19.5. The van der Waals surface area contributed by atoms with Gasteiger partial charge in [0.2, 0.25) is 10.0 Å². The van der Waals surface area contributed by atoms with Crippen LogP contribution in [-0.2, 0) is 26.2 Å². The first-order chi connectivity index (χ1) is 18.7. The molecule has 3 aromatic carbocycles. The van der Waals surface area contributed by atoms with Crippen molar-refractivity contribution in [2.45, 2.75) is 55.8 Å². The smallest absolute Gasteiger partial charge is 0.303 e. The zero-order valence-electron chi connectivity index (χ0n) is 21.3. The van der Waals surface area contributed by atoms with Crippen LogP contribution in [0.25, 0.3) is 11.1 Å². The number of carboxylic acid groups (broad SMARTS) is 1. The Hall–Kier alpha value is -3.40. The minimum absolute atomic E-state index is 0.0000263. The molecular formula is C30H31F2NO5S. The fraction of sp³-hybridized carbons (Fsp3) is 0.300. The van der Waals surface area contributed by atoms with Crippen molar-refractivity contribution in [3.63, 3.8) is 0 Å². The molecule has 0 aliphatic heterocycles. The number of benzene rings is 3. The largest absolute Gasteiger partial charge is 0.481 e. The van der Waals surface area contributed by atoms with Gasteiger partial charge in [0.25, 0.3) is 0 Å². The molecule has 3 atom stereocenters. The number of aliphatic carboxylic acids is 1. The lowest BCUT2D eigenvalue weighted by Crippen LogP contribution is -2.40. The summed E-state index contributed by atoms with van der Waals surface area (Å²) in [4.78, 5) is 10.2. The molecule has 0 radical (unpaired) electrons. The molecule has 2 N–H and O–H groups in total. The predicted octanol–water partition coefficient (Wildman–Crippen LogP) is 6.09. The second kappa shape index (κ2) is 13.1. The Morgan fingerprint density at radius 3 is 2.38 bits per heavy atom. The fourth-order valence-electron chi connectivity index (χ4n) is 4.86. The van der Waals surface area contributed by atoms with Gasteiger partial charge in [-0.2, -0.15) is 0 Å². The van der Waals surface area contributed by atoms with Crippen molar-refractivity contribution < 1.29 is 31.8 Å². The Bertz CT molecular complexity index is 1390. The topological polar surface area (TPSA) is 92.7 Å².